The lowest BCUT2D eigenvalue weighted by Gasteiger charge is -2.39. The van der Waals surface area contributed by atoms with Crippen molar-refractivity contribution in [2.75, 3.05) is 24.6 Å². The maximum Gasteiger partial charge on any atom is 0.122 e. The predicted molar refractivity (Wildman–Crippen MR) is 72.4 cm³/mol. The number of morpholine rings is 1. The van der Waals surface area contributed by atoms with Gasteiger partial charge in [-0.3, -0.25) is 4.98 Å². The first kappa shape index (κ1) is 12.3. The van der Waals surface area contributed by atoms with Gasteiger partial charge in [-0.15, -0.1) is 0 Å². The molecule has 0 unspecified atom stereocenters. The van der Waals surface area contributed by atoms with E-state index >= 15 is 0 Å². The van der Waals surface area contributed by atoms with Crippen LogP contribution in [0.3, 0.4) is 0 Å². The Labute approximate surface area is 107 Å². The van der Waals surface area contributed by atoms with Gasteiger partial charge in [-0.1, -0.05) is 12.2 Å². The molecule has 0 aliphatic carbocycles. The van der Waals surface area contributed by atoms with Crippen LogP contribution in [0.25, 0.3) is 0 Å². The highest BCUT2D eigenvalue weighted by Crippen LogP contribution is 2.23. The van der Waals surface area contributed by atoms with Crippen LogP contribution in [0.5, 0.6) is 0 Å². The standard InChI is InChI=1S/C12H17N3OS/c1-12(2)8-15(5-6-16-12)9-3-4-14-10(7-9)11(13)17/h3-4,7H,5-6,8H2,1-2H3,(H2,13,17). The number of pyridine rings is 1. The van der Waals surface area contributed by atoms with Crippen molar-refractivity contribution in [3.05, 3.63) is 24.0 Å². The third kappa shape index (κ3) is 2.92. The maximum absolute atomic E-state index is 5.69. The average Bonchev–Trinajstić information content (AvgIpc) is 2.28. The largest absolute Gasteiger partial charge is 0.388 e. The number of nitrogens with two attached hydrogens (primary N) is 1. The van der Waals surface area contributed by atoms with E-state index in [1.165, 1.54) is 0 Å². The molecule has 2 rings (SSSR count). The summed E-state index contributed by atoms with van der Waals surface area (Å²) >= 11 is 4.94. The molecule has 0 atom stereocenters. The van der Waals surface area contributed by atoms with Gasteiger partial charge in [-0.25, -0.2) is 0 Å². The van der Waals surface area contributed by atoms with Gasteiger partial charge in [0.15, 0.2) is 0 Å². The summed E-state index contributed by atoms with van der Waals surface area (Å²) in [6.07, 6.45) is 1.74. The van der Waals surface area contributed by atoms with Gasteiger partial charge in [-0.2, -0.15) is 0 Å². The van der Waals surface area contributed by atoms with E-state index in [0.29, 0.717) is 10.7 Å². The molecule has 92 valence electrons. The Kier molecular flexibility index (Phi) is 3.31. The van der Waals surface area contributed by atoms with Crippen molar-refractivity contribution in [3.63, 3.8) is 0 Å². The van der Waals surface area contributed by atoms with Gasteiger partial charge < -0.3 is 15.4 Å². The molecule has 17 heavy (non-hydrogen) atoms. The van der Waals surface area contributed by atoms with Crippen LogP contribution >= 0.6 is 12.2 Å². The molecule has 1 saturated heterocycles. The molecule has 1 fully saturated rings. The van der Waals surface area contributed by atoms with Crippen molar-refractivity contribution in [1.82, 2.24) is 4.98 Å². The minimum Gasteiger partial charge on any atom is -0.388 e. The van der Waals surface area contributed by atoms with E-state index in [2.05, 4.69) is 23.7 Å². The van der Waals surface area contributed by atoms with E-state index < -0.39 is 0 Å². The molecule has 1 aromatic heterocycles. The molecule has 0 saturated carbocycles. The minimum atomic E-state index is -0.120. The van der Waals surface area contributed by atoms with Gasteiger partial charge in [0.2, 0.25) is 0 Å². The van der Waals surface area contributed by atoms with Crippen molar-refractivity contribution < 1.29 is 4.74 Å². The second kappa shape index (κ2) is 4.58. The molecule has 4 nitrogen and oxygen atoms in total. The molecular weight excluding hydrogens is 234 g/mol. The van der Waals surface area contributed by atoms with Gasteiger partial charge in [0, 0.05) is 25.0 Å². The summed E-state index contributed by atoms with van der Waals surface area (Å²) in [6, 6.07) is 3.91. The second-order valence-corrected chi connectivity index (χ2v) is 5.23. The van der Waals surface area contributed by atoms with Gasteiger partial charge in [0.05, 0.1) is 17.9 Å². The van der Waals surface area contributed by atoms with E-state index in [1.54, 1.807) is 6.20 Å². The summed E-state index contributed by atoms with van der Waals surface area (Å²) in [7, 11) is 0. The highest BCUT2D eigenvalue weighted by atomic mass is 32.1. The number of hydrogen-bond donors (Lipinski definition) is 1. The number of nitrogens with zero attached hydrogens (tertiary/aromatic N) is 2. The van der Waals surface area contributed by atoms with Gasteiger partial charge >= 0.3 is 0 Å². The van der Waals surface area contributed by atoms with Crippen LogP contribution in [-0.2, 0) is 4.74 Å². The maximum atomic E-state index is 5.69. The molecular formula is C12H17N3OS. The quantitative estimate of drug-likeness (QED) is 0.804. The Hall–Kier alpha value is -1.20. The zero-order valence-electron chi connectivity index (χ0n) is 10.1. The molecule has 0 amide bonds. The summed E-state index contributed by atoms with van der Waals surface area (Å²) in [5.41, 5.74) is 7.24. The molecule has 0 bridgehead atoms. The van der Waals surface area contributed by atoms with Crippen LogP contribution in [0, 0.1) is 0 Å². The first-order valence-electron chi connectivity index (χ1n) is 5.63. The lowest BCUT2D eigenvalue weighted by molar-refractivity contribution is -0.0276. The normalized spacial score (nSPS) is 19.1. The summed E-state index contributed by atoms with van der Waals surface area (Å²) in [5.74, 6) is 0. The topological polar surface area (TPSA) is 51.4 Å². The van der Waals surface area contributed by atoms with E-state index in [-0.39, 0.29) is 5.60 Å². The van der Waals surface area contributed by atoms with Crippen molar-refractivity contribution in [2.45, 2.75) is 19.4 Å². The average molecular weight is 251 g/mol. The Morgan fingerprint density at radius 1 is 1.59 bits per heavy atom. The van der Waals surface area contributed by atoms with Crippen molar-refractivity contribution in [2.24, 2.45) is 5.73 Å². The molecule has 0 spiro atoms. The zero-order chi connectivity index (χ0) is 12.5. The van der Waals surface area contributed by atoms with Crippen LogP contribution in [0.2, 0.25) is 0 Å². The molecule has 0 aromatic carbocycles. The van der Waals surface area contributed by atoms with Crippen molar-refractivity contribution in [1.29, 1.82) is 0 Å². The highest BCUT2D eigenvalue weighted by molar-refractivity contribution is 7.80. The van der Waals surface area contributed by atoms with Gasteiger partial charge in [0.1, 0.15) is 4.99 Å². The second-order valence-electron chi connectivity index (χ2n) is 4.79. The molecule has 0 radical (unpaired) electrons. The fourth-order valence-electron chi connectivity index (χ4n) is 1.99. The Balaban J connectivity index is 2.22. The van der Waals surface area contributed by atoms with E-state index in [9.17, 15) is 0 Å². The summed E-state index contributed by atoms with van der Waals surface area (Å²) in [4.78, 5) is 6.75. The Morgan fingerprint density at radius 2 is 2.35 bits per heavy atom. The first-order chi connectivity index (χ1) is 7.98. The molecule has 1 aromatic rings. The monoisotopic (exact) mass is 251 g/mol. The van der Waals surface area contributed by atoms with Crippen molar-refractivity contribution >= 4 is 22.9 Å². The number of rotatable bonds is 2. The minimum absolute atomic E-state index is 0.120. The number of ether oxygens (including phenoxy) is 1. The summed E-state index contributed by atoms with van der Waals surface area (Å²) < 4.78 is 5.69. The van der Waals surface area contributed by atoms with Crippen LogP contribution in [-0.4, -0.2) is 35.3 Å². The molecule has 1 aliphatic heterocycles. The fourth-order valence-corrected chi connectivity index (χ4v) is 2.10. The summed E-state index contributed by atoms with van der Waals surface area (Å²) in [6.45, 7) is 6.65. The van der Waals surface area contributed by atoms with Gasteiger partial charge in [0.25, 0.3) is 0 Å². The molecule has 2 N–H and O–H groups in total. The van der Waals surface area contributed by atoms with Crippen LogP contribution in [0.15, 0.2) is 18.3 Å². The zero-order valence-corrected chi connectivity index (χ0v) is 11.0. The number of hydrogen-bond acceptors (Lipinski definition) is 4. The van der Waals surface area contributed by atoms with E-state index in [1.807, 2.05) is 12.1 Å². The summed E-state index contributed by atoms with van der Waals surface area (Å²) in [5, 5.41) is 0. The molecule has 2 heterocycles. The number of anilines is 1. The Morgan fingerprint density at radius 3 is 3.00 bits per heavy atom. The highest BCUT2D eigenvalue weighted by Gasteiger charge is 2.27. The lowest BCUT2D eigenvalue weighted by Crippen LogP contribution is -2.48. The van der Waals surface area contributed by atoms with Crippen LogP contribution in [0.1, 0.15) is 19.5 Å². The van der Waals surface area contributed by atoms with Crippen LogP contribution < -0.4 is 10.6 Å². The SMILES string of the molecule is CC1(C)CN(c2ccnc(C(N)=S)c2)CCO1. The number of aromatic nitrogens is 1. The smallest absolute Gasteiger partial charge is 0.122 e. The predicted octanol–water partition coefficient (Wildman–Crippen LogP) is 1.33. The van der Waals surface area contributed by atoms with E-state index in [0.717, 1.165) is 25.4 Å². The Bertz CT molecular complexity index is 434. The van der Waals surface area contributed by atoms with Crippen molar-refractivity contribution in [3.8, 4) is 0 Å². The first-order valence-corrected chi connectivity index (χ1v) is 6.03. The fraction of sp³-hybridized carbons (Fsp3) is 0.500. The van der Waals surface area contributed by atoms with Gasteiger partial charge in [-0.05, 0) is 26.0 Å². The van der Waals surface area contributed by atoms with Crippen LogP contribution in [0.4, 0.5) is 5.69 Å². The third-order valence-electron chi connectivity index (χ3n) is 2.79. The lowest BCUT2D eigenvalue weighted by atomic mass is 10.1. The molecule has 1 aliphatic rings. The third-order valence-corrected chi connectivity index (χ3v) is 3.00. The number of thiocarbonyl (C=S) groups is 1. The van der Waals surface area contributed by atoms with E-state index in [4.69, 9.17) is 22.7 Å². The molecule has 5 heteroatoms.